The Morgan fingerprint density at radius 1 is 1.43 bits per heavy atom. The molecule has 0 spiro atoms. The lowest BCUT2D eigenvalue weighted by atomic mass is 10.0. The van der Waals surface area contributed by atoms with Gasteiger partial charge in [-0.1, -0.05) is 20.8 Å². The molecule has 0 aromatic rings. The highest BCUT2D eigenvalue weighted by Gasteiger charge is 2.33. The summed E-state index contributed by atoms with van der Waals surface area (Å²) in [6.45, 7) is 9.15. The number of hydrogen-bond acceptors (Lipinski definition) is 2. The van der Waals surface area contributed by atoms with Gasteiger partial charge in [-0.05, 0) is 25.2 Å². The SMILES string of the molecule is CC1CC(C)N(C(=O)[C@@H](N)C(C)C)C1. The lowest BCUT2D eigenvalue weighted by Crippen LogP contribution is -2.47. The van der Waals surface area contributed by atoms with Gasteiger partial charge in [-0.15, -0.1) is 0 Å². The first kappa shape index (κ1) is 11.5. The molecule has 0 aromatic heterocycles. The van der Waals surface area contributed by atoms with Crippen LogP contribution < -0.4 is 5.73 Å². The van der Waals surface area contributed by atoms with Gasteiger partial charge >= 0.3 is 0 Å². The molecule has 1 heterocycles. The molecule has 1 amide bonds. The molecule has 0 radical (unpaired) electrons. The van der Waals surface area contributed by atoms with Crippen LogP contribution in [-0.2, 0) is 4.79 Å². The molecule has 14 heavy (non-hydrogen) atoms. The van der Waals surface area contributed by atoms with Crippen LogP contribution in [0.5, 0.6) is 0 Å². The van der Waals surface area contributed by atoms with Crippen molar-refractivity contribution in [3.05, 3.63) is 0 Å². The van der Waals surface area contributed by atoms with Crippen molar-refractivity contribution in [2.75, 3.05) is 6.54 Å². The number of amides is 1. The number of nitrogens with zero attached hydrogens (tertiary/aromatic N) is 1. The summed E-state index contributed by atoms with van der Waals surface area (Å²) < 4.78 is 0. The average molecular weight is 198 g/mol. The fourth-order valence-electron chi connectivity index (χ4n) is 2.08. The number of nitrogens with two attached hydrogens (primary N) is 1. The topological polar surface area (TPSA) is 46.3 Å². The minimum absolute atomic E-state index is 0.122. The van der Waals surface area contributed by atoms with Gasteiger partial charge in [0.1, 0.15) is 0 Å². The molecular formula is C11H22N2O. The zero-order valence-corrected chi connectivity index (χ0v) is 9.66. The fraction of sp³-hybridized carbons (Fsp3) is 0.909. The summed E-state index contributed by atoms with van der Waals surface area (Å²) in [5, 5.41) is 0. The van der Waals surface area contributed by atoms with Crippen molar-refractivity contribution in [3.8, 4) is 0 Å². The first-order chi connectivity index (χ1) is 6.43. The molecule has 0 bridgehead atoms. The van der Waals surface area contributed by atoms with Gasteiger partial charge in [0, 0.05) is 12.6 Å². The molecule has 82 valence electrons. The normalized spacial score (nSPS) is 29.7. The number of carbonyl (C=O) groups excluding carboxylic acids is 1. The minimum atomic E-state index is -0.331. The van der Waals surface area contributed by atoms with Crippen LogP contribution in [0, 0.1) is 11.8 Å². The Morgan fingerprint density at radius 3 is 2.36 bits per heavy atom. The third kappa shape index (κ3) is 2.27. The van der Waals surface area contributed by atoms with E-state index in [-0.39, 0.29) is 17.9 Å². The van der Waals surface area contributed by atoms with E-state index in [4.69, 9.17) is 5.73 Å². The van der Waals surface area contributed by atoms with Crippen LogP contribution in [0.25, 0.3) is 0 Å². The number of rotatable bonds is 2. The molecule has 1 fully saturated rings. The summed E-state index contributed by atoms with van der Waals surface area (Å²) in [6.07, 6.45) is 1.11. The Kier molecular flexibility index (Phi) is 3.53. The third-order valence-electron chi connectivity index (χ3n) is 3.07. The highest BCUT2D eigenvalue weighted by molar-refractivity contribution is 5.82. The molecule has 3 heteroatoms. The summed E-state index contributed by atoms with van der Waals surface area (Å²) >= 11 is 0. The predicted octanol–water partition coefficient (Wildman–Crippen LogP) is 1.23. The maximum absolute atomic E-state index is 11.9. The quantitative estimate of drug-likeness (QED) is 0.725. The molecule has 3 atom stereocenters. The second-order valence-corrected chi connectivity index (χ2v) is 4.95. The molecule has 0 saturated carbocycles. The summed E-state index contributed by atoms with van der Waals surface area (Å²) in [7, 11) is 0. The van der Waals surface area contributed by atoms with Crippen LogP contribution in [0.1, 0.15) is 34.1 Å². The molecule has 2 unspecified atom stereocenters. The summed E-state index contributed by atoms with van der Waals surface area (Å²) in [5.74, 6) is 0.968. The van der Waals surface area contributed by atoms with E-state index in [9.17, 15) is 4.79 Å². The Bertz CT molecular complexity index is 215. The van der Waals surface area contributed by atoms with E-state index in [1.807, 2.05) is 18.7 Å². The van der Waals surface area contributed by atoms with E-state index < -0.39 is 0 Å². The van der Waals surface area contributed by atoms with Crippen LogP contribution in [0.3, 0.4) is 0 Å². The molecular weight excluding hydrogens is 176 g/mol. The van der Waals surface area contributed by atoms with Crippen LogP contribution in [-0.4, -0.2) is 29.4 Å². The monoisotopic (exact) mass is 198 g/mol. The zero-order valence-electron chi connectivity index (χ0n) is 9.66. The van der Waals surface area contributed by atoms with Gasteiger partial charge < -0.3 is 10.6 Å². The van der Waals surface area contributed by atoms with Gasteiger partial charge in [0.05, 0.1) is 6.04 Å². The second kappa shape index (κ2) is 4.30. The van der Waals surface area contributed by atoms with Gasteiger partial charge in [0.2, 0.25) is 5.91 Å². The molecule has 1 saturated heterocycles. The Morgan fingerprint density at radius 2 is 2.00 bits per heavy atom. The first-order valence-corrected chi connectivity index (χ1v) is 5.49. The molecule has 1 rings (SSSR count). The maximum Gasteiger partial charge on any atom is 0.239 e. The number of hydrogen-bond donors (Lipinski definition) is 1. The molecule has 1 aliphatic heterocycles. The van der Waals surface area contributed by atoms with Crippen LogP contribution in [0.15, 0.2) is 0 Å². The van der Waals surface area contributed by atoms with Gasteiger partial charge in [-0.3, -0.25) is 4.79 Å². The van der Waals surface area contributed by atoms with E-state index in [0.717, 1.165) is 13.0 Å². The van der Waals surface area contributed by atoms with Crippen molar-refractivity contribution in [3.63, 3.8) is 0 Å². The molecule has 0 aromatic carbocycles. The average Bonchev–Trinajstić information content (AvgIpc) is 2.42. The van der Waals surface area contributed by atoms with Gasteiger partial charge in [-0.25, -0.2) is 0 Å². The molecule has 3 nitrogen and oxygen atoms in total. The smallest absolute Gasteiger partial charge is 0.239 e. The number of carbonyl (C=O) groups is 1. The number of likely N-dealkylation sites (tertiary alicyclic amines) is 1. The molecule has 2 N–H and O–H groups in total. The molecule has 1 aliphatic rings. The first-order valence-electron chi connectivity index (χ1n) is 5.49. The van der Waals surface area contributed by atoms with E-state index in [1.54, 1.807) is 0 Å². The van der Waals surface area contributed by atoms with E-state index >= 15 is 0 Å². The van der Waals surface area contributed by atoms with Crippen LogP contribution in [0.2, 0.25) is 0 Å². The Balaban J connectivity index is 2.61. The lowest BCUT2D eigenvalue weighted by Gasteiger charge is -2.26. The third-order valence-corrected chi connectivity index (χ3v) is 3.07. The molecule has 0 aliphatic carbocycles. The maximum atomic E-state index is 11.9. The van der Waals surface area contributed by atoms with Gasteiger partial charge in [0.15, 0.2) is 0 Å². The van der Waals surface area contributed by atoms with Crippen molar-refractivity contribution in [1.29, 1.82) is 0 Å². The van der Waals surface area contributed by atoms with Crippen LogP contribution in [0.4, 0.5) is 0 Å². The van der Waals surface area contributed by atoms with Crippen LogP contribution >= 0.6 is 0 Å². The van der Waals surface area contributed by atoms with Gasteiger partial charge in [0.25, 0.3) is 0 Å². The summed E-state index contributed by atoms with van der Waals surface area (Å²) in [5.41, 5.74) is 5.86. The summed E-state index contributed by atoms with van der Waals surface area (Å²) in [4.78, 5) is 13.9. The van der Waals surface area contributed by atoms with Crippen molar-refractivity contribution in [2.45, 2.75) is 46.2 Å². The standard InChI is InChI=1S/C11H22N2O/c1-7(2)10(12)11(14)13-6-8(3)5-9(13)4/h7-10H,5-6,12H2,1-4H3/t8?,9?,10-/m0/s1. The van der Waals surface area contributed by atoms with E-state index in [2.05, 4.69) is 13.8 Å². The minimum Gasteiger partial charge on any atom is -0.338 e. The zero-order chi connectivity index (χ0) is 10.9. The van der Waals surface area contributed by atoms with Gasteiger partial charge in [-0.2, -0.15) is 0 Å². The second-order valence-electron chi connectivity index (χ2n) is 4.95. The Hall–Kier alpha value is -0.570. The highest BCUT2D eigenvalue weighted by Crippen LogP contribution is 2.23. The van der Waals surface area contributed by atoms with E-state index in [0.29, 0.717) is 12.0 Å². The highest BCUT2D eigenvalue weighted by atomic mass is 16.2. The Labute approximate surface area is 86.6 Å². The van der Waals surface area contributed by atoms with Crippen molar-refractivity contribution < 1.29 is 4.79 Å². The lowest BCUT2D eigenvalue weighted by molar-refractivity contribution is -0.134. The fourth-order valence-corrected chi connectivity index (χ4v) is 2.08. The van der Waals surface area contributed by atoms with Crippen molar-refractivity contribution >= 4 is 5.91 Å². The largest absolute Gasteiger partial charge is 0.338 e. The predicted molar refractivity (Wildman–Crippen MR) is 57.8 cm³/mol. The van der Waals surface area contributed by atoms with Crippen molar-refractivity contribution in [2.24, 2.45) is 17.6 Å². The summed E-state index contributed by atoms with van der Waals surface area (Å²) in [6, 6.07) is 0.0325. The van der Waals surface area contributed by atoms with Crippen molar-refractivity contribution in [1.82, 2.24) is 4.90 Å². The van der Waals surface area contributed by atoms with E-state index in [1.165, 1.54) is 0 Å².